The molecular weight excluding hydrogens is 274 g/mol. The van der Waals surface area contributed by atoms with Gasteiger partial charge in [-0.15, -0.1) is 0 Å². The highest BCUT2D eigenvalue weighted by molar-refractivity contribution is 6.06. The minimum atomic E-state index is -0.978. The molecule has 21 heavy (non-hydrogen) atoms. The van der Waals surface area contributed by atoms with E-state index >= 15 is 0 Å². The Morgan fingerprint density at radius 2 is 2.33 bits per heavy atom. The zero-order valence-electron chi connectivity index (χ0n) is 12.1. The molecule has 4 N–H and O–H groups in total. The molecule has 1 amide bonds. The molecule has 0 aromatic carbocycles. The van der Waals surface area contributed by atoms with Crippen LogP contribution < -0.4 is 11.1 Å². The van der Waals surface area contributed by atoms with E-state index in [2.05, 4.69) is 15.5 Å². The number of oxime groups is 1. The maximum absolute atomic E-state index is 12.5. The third-order valence-corrected chi connectivity index (χ3v) is 3.93. The van der Waals surface area contributed by atoms with Gasteiger partial charge in [0, 0.05) is 45.6 Å². The molecule has 1 aliphatic rings. The van der Waals surface area contributed by atoms with Crippen LogP contribution in [0.15, 0.2) is 17.5 Å². The molecule has 1 aromatic rings. The summed E-state index contributed by atoms with van der Waals surface area (Å²) in [5.41, 5.74) is 4.76. The molecule has 0 unspecified atom stereocenters. The lowest BCUT2D eigenvalue weighted by molar-refractivity contribution is -0.131. The summed E-state index contributed by atoms with van der Waals surface area (Å²) in [5.74, 6) is 0.607. The van der Waals surface area contributed by atoms with Crippen molar-refractivity contribution in [2.24, 2.45) is 23.4 Å². The summed E-state index contributed by atoms with van der Waals surface area (Å²) in [6.45, 7) is 1.29. The summed E-state index contributed by atoms with van der Waals surface area (Å²) in [5, 5.41) is 14.8. The molecule has 2 rings (SSSR count). The Kier molecular flexibility index (Phi) is 4.79. The van der Waals surface area contributed by atoms with Crippen LogP contribution in [0.3, 0.4) is 0 Å². The van der Waals surface area contributed by atoms with E-state index < -0.39 is 5.41 Å². The highest BCUT2D eigenvalue weighted by Gasteiger charge is 2.44. The summed E-state index contributed by atoms with van der Waals surface area (Å²) >= 11 is 0. The van der Waals surface area contributed by atoms with Gasteiger partial charge in [-0.3, -0.25) is 4.79 Å². The van der Waals surface area contributed by atoms with Crippen molar-refractivity contribution in [2.75, 3.05) is 19.8 Å². The third kappa shape index (κ3) is 3.15. The van der Waals surface area contributed by atoms with Gasteiger partial charge in [-0.05, 0) is 12.8 Å². The molecule has 0 spiro atoms. The molecule has 2 heterocycles. The van der Waals surface area contributed by atoms with Gasteiger partial charge in [0.15, 0.2) is 5.84 Å². The third-order valence-electron chi connectivity index (χ3n) is 3.93. The largest absolute Gasteiger partial charge is 0.409 e. The number of carbonyl (C=O) groups is 1. The van der Waals surface area contributed by atoms with E-state index in [1.807, 2.05) is 17.8 Å². The van der Waals surface area contributed by atoms with Crippen LogP contribution in [0, 0.1) is 5.41 Å². The van der Waals surface area contributed by atoms with Crippen LogP contribution in [-0.2, 0) is 23.0 Å². The molecule has 1 saturated heterocycles. The van der Waals surface area contributed by atoms with Crippen molar-refractivity contribution in [1.82, 2.24) is 14.9 Å². The highest BCUT2D eigenvalue weighted by atomic mass is 16.5. The minimum Gasteiger partial charge on any atom is -0.409 e. The summed E-state index contributed by atoms with van der Waals surface area (Å²) in [4.78, 5) is 16.7. The van der Waals surface area contributed by atoms with Crippen molar-refractivity contribution in [3.63, 3.8) is 0 Å². The number of amidine groups is 1. The number of hydrogen-bond donors (Lipinski definition) is 3. The summed E-state index contributed by atoms with van der Waals surface area (Å²) in [6, 6.07) is 0. The van der Waals surface area contributed by atoms with Crippen LogP contribution in [0.1, 0.15) is 18.7 Å². The number of aryl methyl sites for hydroxylation is 1. The van der Waals surface area contributed by atoms with E-state index in [1.165, 1.54) is 0 Å². The maximum Gasteiger partial charge on any atom is 0.234 e. The first-order valence-corrected chi connectivity index (χ1v) is 6.90. The topological polar surface area (TPSA) is 115 Å². The van der Waals surface area contributed by atoms with Crippen molar-refractivity contribution in [2.45, 2.75) is 19.3 Å². The van der Waals surface area contributed by atoms with Gasteiger partial charge in [0.2, 0.25) is 5.91 Å². The van der Waals surface area contributed by atoms with Gasteiger partial charge < -0.3 is 25.6 Å². The smallest absolute Gasteiger partial charge is 0.234 e. The second-order valence-electron chi connectivity index (χ2n) is 5.14. The van der Waals surface area contributed by atoms with Gasteiger partial charge >= 0.3 is 0 Å². The van der Waals surface area contributed by atoms with Crippen molar-refractivity contribution >= 4 is 11.7 Å². The van der Waals surface area contributed by atoms with E-state index in [4.69, 9.17) is 15.7 Å². The monoisotopic (exact) mass is 295 g/mol. The molecule has 0 radical (unpaired) electrons. The zero-order valence-corrected chi connectivity index (χ0v) is 12.1. The SMILES string of the molecule is Cn1ccnc1CCNC(=O)C1(C(N)=NO)CCOCC1. The molecule has 1 fully saturated rings. The Labute approximate surface area is 123 Å². The molecule has 8 heteroatoms. The average molecular weight is 295 g/mol. The Morgan fingerprint density at radius 1 is 1.62 bits per heavy atom. The number of ether oxygens (including phenoxy) is 1. The van der Waals surface area contributed by atoms with E-state index in [1.54, 1.807) is 6.20 Å². The van der Waals surface area contributed by atoms with Crippen LogP contribution in [-0.4, -0.2) is 46.3 Å². The van der Waals surface area contributed by atoms with Crippen LogP contribution in [0.4, 0.5) is 0 Å². The molecule has 0 saturated carbocycles. The first-order chi connectivity index (χ1) is 10.1. The van der Waals surface area contributed by atoms with Gasteiger partial charge in [0.25, 0.3) is 0 Å². The number of nitrogens with zero attached hydrogens (tertiary/aromatic N) is 3. The van der Waals surface area contributed by atoms with E-state index in [-0.39, 0.29) is 11.7 Å². The van der Waals surface area contributed by atoms with Gasteiger partial charge in [0.05, 0.1) is 0 Å². The molecule has 8 nitrogen and oxygen atoms in total. The predicted molar refractivity (Wildman–Crippen MR) is 75.8 cm³/mol. The lowest BCUT2D eigenvalue weighted by Gasteiger charge is -2.34. The maximum atomic E-state index is 12.5. The standard InChI is InChI=1S/C13H21N5O3/c1-18-7-6-15-10(18)2-5-16-12(19)13(11(14)17-20)3-8-21-9-4-13/h6-7,20H,2-5,8-9H2,1H3,(H2,14,17)(H,16,19). The van der Waals surface area contributed by atoms with Gasteiger partial charge in [-0.25, -0.2) is 4.98 Å². The second kappa shape index (κ2) is 6.57. The number of amides is 1. The molecule has 1 aliphatic heterocycles. The summed E-state index contributed by atoms with van der Waals surface area (Å²) in [6.07, 6.45) is 5.02. The fourth-order valence-corrected chi connectivity index (χ4v) is 2.51. The van der Waals surface area contributed by atoms with Gasteiger partial charge in [0.1, 0.15) is 11.2 Å². The number of nitrogens with two attached hydrogens (primary N) is 1. The van der Waals surface area contributed by atoms with Crippen molar-refractivity contribution in [1.29, 1.82) is 0 Å². The average Bonchev–Trinajstić information content (AvgIpc) is 2.92. The minimum absolute atomic E-state index is 0.0553. The lowest BCUT2D eigenvalue weighted by Crippen LogP contribution is -2.53. The predicted octanol–water partition coefficient (Wildman–Crippen LogP) is -0.378. The second-order valence-corrected chi connectivity index (χ2v) is 5.14. The van der Waals surface area contributed by atoms with Gasteiger partial charge in [-0.1, -0.05) is 5.16 Å². The number of aromatic nitrogens is 2. The molecule has 0 atom stereocenters. The molecule has 0 aliphatic carbocycles. The number of rotatable bonds is 5. The van der Waals surface area contributed by atoms with Crippen molar-refractivity contribution < 1.29 is 14.7 Å². The number of imidazole rings is 1. The summed E-state index contributed by atoms with van der Waals surface area (Å²) in [7, 11) is 1.90. The van der Waals surface area contributed by atoms with E-state index in [0.29, 0.717) is 39.0 Å². The highest BCUT2D eigenvalue weighted by Crippen LogP contribution is 2.31. The van der Waals surface area contributed by atoms with Crippen molar-refractivity contribution in [3.05, 3.63) is 18.2 Å². The normalized spacial score (nSPS) is 18.4. The van der Waals surface area contributed by atoms with E-state index in [0.717, 1.165) is 5.82 Å². The Hall–Kier alpha value is -2.09. The molecular formula is C13H21N5O3. The number of hydrogen-bond acceptors (Lipinski definition) is 5. The fourth-order valence-electron chi connectivity index (χ4n) is 2.51. The zero-order chi connectivity index (χ0) is 15.3. The van der Waals surface area contributed by atoms with Crippen LogP contribution in [0.2, 0.25) is 0 Å². The fraction of sp³-hybridized carbons (Fsp3) is 0.615. The van der Waals surface area contributed by atoms with Crippen molar-refractivity contribution in [3.8, 4) is 0 Å². The number of carbonyl (C=O) groups excluding carboxylic acids is 1. The van der Waals surface area contributed by atoms with Crippen LogP contribution >= 0.6 is 0 Å². The lowest BCUT2D eigenvalue weighted by atomic mass is 9.78. The number of nitrogens with one attached hydrogen (secondary N) is 1. The van der Waals surface area contributed by atoms with Crippen LogP contribution in [0.5, 0.6) is 0 Å². The molecule has 1 aromatic heterocycles. The molecule has 0 bridgehead atoms. The first-order valence-electron chi connectivity index (χ1n) is 6.90. The van der Waals surface area contributed by atoms with Gasteiger partial charge in [-0.2, -0.15) is 0 Å². The summed E-state index contributed by atoms with van der Waals surface area (Å²) < 4.78 is 7.17. The Morgan fingerprint density at radius 3 is 2.90 bits per heavy atom. The van der Waals surface area contributed by atoms with Crippen LogP contribution in [0.25, 0.3) is 0 Å². The first kappa shape index (κ1) is 15.3. The Bertz CT molecular complexity index is 520. The van der Waals surface area contributed by atoms with E-state index in [9.17, 15) is 4.79 Å². The molecule has 116 valence electrons. The quantitative estimate of drug-likeness (QED) is 0.296. The Balaban J connectivity index is 1.97.